The number of carbonyl (C=O) groups excluding carboxylic acids is 1. The lowest BCUT2D eigenvalue weighted by Gasteiger charge is -2.39. The maximum Gasteiger partial charge on any atom is 0.407 e. The SMILES string of the molecule is CC(NC(=O)OC(C)(C)C)C1CCCCN1CCCS(C)(=O)=O. The number of carbonyl (C=O) groups is 1. The molecule has 1 rings (SSSR count). The topological polar surface area (TPSA) is 75.7 Å². The van der Waals surface area contributed by atoms with Gasteiger partial charge < -0.3 is 10.1 Å². The van der Waals surface area contributed by atoms with E-state index in [1.165, 1.54) is 6.26 Å². The van der Waals surface area contributed by atoms with Crippen molar-refractivity contribution in [1.82, 2.24) is 10.2 Å². The number of sulfone groups is 1. The predicted octanol–water partition coefficient (Wildman–Crippen LogP) is 2.19. The summed E-state index contributed by atoms with van der Waals surface area (Å²) in [6, 6.07) is 0.208. The van der Waals surface area contributed by atoms with Crippen LogP contribution in [0.1, 0.15) is 53.4 Å². The second kappa shape index (κ2) is 8.33. The molecule has 1 aliphatic heterocycles. The van der Waals surface area contributed by atoms with Gasteiger partial charge in [-0.3, -0.25) is 4.90 Å². The summed E-state index contributed by atoms with van der Waals surface area (Å²) in [6.45, 7) is 9.22. The molecule has 1 amide bonds. The zero-order valence-electron chi connectivity index (χ0n) is 15.1. The molecule has 1 N–H and O–H groups in total. The number of rotatable bonds is 6. The lowest BCUT2D eigenvalue weighted by Crippen LogP contribution is -2.53. The molecule has 2 atom stereocenters. The summed E-state index contributed by atoms with van der Waals surface area (Å²) in [4.78, 5) is 14.2. The van der Waals surface area contributed by atoms with E-state index in [-0.39, 0.29) is 17.8 Å². The molecule has 0 aromatic heterocycles. The van der Waals surface area contributed by atoms with Crippen LogP contribution in [0.4, 0.5) is 4.79 Å². The highest BCUT2D eigenvalue weighted by atomic mass is 32.2. The molecule has 1 heterocycles. The van der Waals surface area contributed by atoms with Gasteiger partial charge in [0.2, 0.25) is 0 Å². The van der Waals surface area contributed by atoms with Crippen molar-refractivity contribution in [3.63, 3.8) is 0 Å². The first-order chi connectivity index (χ1) is 10.5. The highest BCUT2D eigenvalue weighted by Gasteiger charge is 2.29. The van der Waals surface area contributed by atoms with Gasteiger partial charge in [-0.2, -0.15) is 0 Å². The van der Waals surface area contributed by atoms with Gasteiger partial charge in [-0.1, -0.05) is 6.42 Å². The molecule has 0 spiro atoms. The molecule has 0 bridgehead atoms. The molecule has 0 saturated carbocycles. The van der Waals surface area contributed by atoms with Crippen LogP contribution in [0.5, 0.6) is 0 Å². The average molecular weight is 349 g/mol. The molecule has 0 radical (unpaired) electrons. The maximum atomic E-state index is 11.9. The van der Waals surface area contributed by atoms with Gasteiger partial charge in [-0.25, -0.2) is 13.2 Å². The molecule has 1 saturated heterocycles. The number of amides is 1. The standard InChI is InChI=1S/C16H32N2O4S/c1-13(17-15(19)22-16(2,3)4)14-9-6-7-10-18(14)11-8-12-23(5,20)21/h13-14H,6-12H2,1-5H3,(H,17,19). The van der Waals surface area contributed by atoms with Gasteiger partial charge in [-0.15, -0.1) is 0 Å². The number of hydrogen-bond acceptors (Lipinski definition) is 5. The van der Waals surface area contributed by atoms with E-state index in [9.17, 15) is 13.2 Å². The fourth-order valence-corrected chi connectivity index (χ4v) is 3.63. The van der Waals surface area contributed by atoms with E-state index in [0.29, 0.717) is 6.42 Å². The summed E-state index contributed by atoms with van der Waals surface area (Å²) in [5.74, 6) is 0.212. The van der Waals surface area contributed by atoms with E-state index in [1.807, 2.05) is 27.7 Å². The monoisotopic (exact) mass is 348 g/mol. The zero-order valence-corrected chi connectivity index (χ0v) is 15.9. The van der Waals surface area contributed by atoms with Crippen LogP contribution in [0.3, 0.4) is 0 Å². The minimum atomic E-state index is -2.92. The van der Waals surface area contributed by atoms with Crippen molar-refractivity contribution in [2.75, 3.05) is 25.1 Å². The third-order valence-electron chi connectivity index (χ3n) is 3.95. The molecule has 6 nitrogen and oxygen atoms in total. The molecule has 0 aromatic carbocycles. The Morgan fingerprint density at radius 2 is 2.00 bits per heavy atom. The lowest BCUT2D eigenvalue weighted by molar-refractivity contribution is 0.0443. The highest BCUT2D eigenvalue weighted by Crippen LogP contribution is 2.20. The molecule has 136 valence electrons. The molecular weight excluding hydrogens is 316 g/mol. The van der Waals surface area contributed by atoms with E-state index in [4.69, 9.17) is 4.74 Å². The van der Waals surface area contributed by atoms with Gasteiger partial charge in [0.25, 0.3) is 0 Å². The fourth-order valence-electron chi connectivity index (χ4n) is 2.98. The van der Waals surface area contributed by atoms with Crippen LogP contribution >= 0.6 is 0 Å². The molecule has 1 fully saturated rings. The molecule has 1 aliphatic rings. The summed E-state index contributed by atoms with van der Waals surface area (Å²) in [7, 11) is -2.92. The Hall–Kier alpha value is -0.820. The maximum absolute atomic E-state index is 11.9. The Morgan fingerprint density at radius 1 is 1.35 bits per heavy atom. The van der Waals surface area contributed by atoms with Crippen LogP contribution in [0.15, 0.2) is 0 Å². The Bertz CT molecular complexity index is 485. The minimum Gasteiger partial charge on any atom is -0.444 e. The van der Waals surface area contributed by atoms with Crippen LogP contribution in [0, 0.1) is 0 Å². The number of likely N-dealkylation sites (tertiary alicyclic amines) is 1. The van der Waals surface area contributed by atoms with Gasteiger partial charge in [-0.05, 0) is 60.0 Å². The second-order valence-electron chi connectivity index (χ2n) is 7.52. The summed E-state index contributed by atoms with van der Waals surface area (Å²) in [5.41, 5.74) is -0.508. The number of nitrogens with one attached hydrogen (secondary N) is 1. The number of nitrogens with zero attached hydrogens (tertiary/aromatic N) is 1. The van der Waals surface area contributed by atoms with Crippen LogP contribution in [-0.2, 0) is 14.6 Å². The Labute approximate surface area is 140 Å². The van der Waals surface area contributed by atoms with Gasteiger partial charge in [0.05, 0.1) is 5.75 Å². The second-order valence-corrected chi connectivity index (χ2v) is 9.78. The molecule has 0 aromatic rings. The fraction of sp³-hybridized carbons (Fsp3) is 0.938. The Balaban J connectivity index is 2.54. The zero-order chi connectivity index (χ0) is 17.7. The molecular formula is C16H32N2O4S. The smallest absolute Gasteiger partial charge is 0.407 e. The molecule has 0 aliphatic carbocycles. The van der Waals surface area contributed by atoms with Gasteiger partial charge in [0.15, 0.2) is 0 Å². The van der Waals surface area contributed by atoms with Gasteiger partial charge in [0.1, 0.15) is 15.4 Å². The highest BCUT2D eigenvalue weighted by molar-refractivity contribution is 7.90. The summed E-state index contributed by atoms with van der Waals surface area (Å²) in [6.07, 6.45) is 4.77. The first-order valence-corrected chi connectivity index (χ1v) is 10.5. The van der Waals surface area contributed by atoms with E-state index < -0.39 is 21.5 Å². The van der Waals surface area contributed by atoms with Crippen molar-refractivity contribution < 1.29 is 17.9 Å². The van der Waals surface area contributed by atoms with Crippen molar-refractivity contribution in [3.8, 4) is 0 Å². The summed E-state index contributed by atoms with van der Waals surface area (Å²) < 4.78 is 27.9. The van der Waals surface area contributed by atoms with Gasteiger partial charge in [0, 0.05) is 18.3 Å². The normalized spacial score (nSPS) is 21.7. The molecule has 7 heteroatoms. The van der Waals surface area contributed by atoms with Crippen LogP contribution in [0.25, 0.3) is 0 Å². The largest absolute Gasteiger partial charge is 0.444 e. The number of hydrogen-bond donors (Lipinski definition) is 1. The van der Waals surface area contributed by atoms with Crippen molar-refractivity contribution in [2.24, 2.45) is 0 Å². The Kier molecular flexibility index (Phi) is 7.32. The van der Waals surface area contributed by atoms with E-state index in [1.54, 1.807) is 0 Å². The third-order valence-corrected chi connectivity index (χ3v) is 4.98. The first kappa shape index (κ1) is 20.2. The first-order valence-electron chi connectivity index (χ1n) is 8.39. The van der Waals surface area contributed by atoms with Crippen LogP contribution in [0.2, 0.25) is 0 Å². The number of piperidine rings is 1. The van der Waals surface area contributed by atoms with Crippen LogP contribution in [-0.4, -0.2) is 62.2 Å². The molecule has 2 unspecified atom stereocenters. The average Bonchev–Trinajstić information content (AvgIpc) is 2.35. The Morgan fingerprint density at radius 3 is 2.57 bits per heavy atom. The van der Waals surface area contributed by atoms with E-state index >= 15 is 0 Å². The summed E-state index contributed by atoms with van der Waals surface area (Å²) >= 11 is 0. The summed E-state index contributed by atoms with van der Waals surface area (Å²) in [5, 5.41) is 2.92. The predicted molar refractivity (Wildman–Crippen MR) is 92.4 cm³/mol. The third kappa shape index (κ3) is 8.55. The van der Waals surface area contributed by atoms with Crippen molar-refractivity contribution in [2.45, 2.75) is 71.1 Å². The van der Waals surface area contributed by atoms with Crippen LogP contribution < -0.4 is 5.32 Å². The number of ether oxygens (including phenoxy) is 1. The van der Waals surface area contributed by atoms with E-state index in [2.05, 4.69) is 10.2 Å². The van der Waals surface area contributed by atoms with E-state index in [0.717, 1.165) is 32.4 Å². The van der Waals surface area contributed by atoms with Crippen molar-refractivity contribution >= 4 is 15.9 Å². The lowest BCUT2D eigenvalue weighted by atomic mass is 9.96. The van der Waals surface area contributed by atoms with Crippen molar-refractivity contribution in [3.05, 3.63) is 0 Å². The van der Waals surface area contributed by atoms with Gasteiger partial charge >= 0.3 is 6.09 Å². The van der Waals surface area contributed by atoms with Crippen molar-refractivity contribution in [1.29, 1.82) is 0 Å². The minimum absolute atomic E-state index is 0.0246. The number of alkyl carbamates (subject to hydrolysis) is 1. The molecule has 23 heavy (non-hydrogen) atoms. The quantitative estimate of drug-likeness (QED) is 0.796.